The van der Waals surface area contributed by atoms with Gasteiger partial charge in [-0.25, -0.2) is 0 Å². The highest BCUT2D eigenvalue weighted by Crippen LogP contribution is 2.16. The number of hydrogen-bond acceptors (Lipinski definition) is 3. The van der Waals surface area contributed by atoms with Crippen molar-refractivity contribution in [3.05, 3.63) is 0 Å². The molecule has 0 spiro atoms. The van der Waals surface area contributed by atoms with Gasteiger partial charge in [0, 0.05) is 25.7 Å². The maximum absolute atomic E-state index is 12.2. The summed E-state index contributed by atoms with van der Waals surface area (Å²) in [5.41, 5.74) is 5.93. The molecule has 0 aromatic heterocycles. The number of nitrogens with zero attached hydrogens (tertiary/aromatic N) is 2. The van der Waals surface area contributed by atoms with Gasteiger partial charge >= 0.3 is 0 Å². The van der Waals surface area contributed by atoms with E-state index in [0.29, 0.717) is 18.4 Å². The first-order valence-electron chi connectivity index (χ1n) is 6.91. The lowest BCUT2D eigenvalue weighted by molar-refractivity contribution is -0.134. The molecule has 1 amide bonds. The van der Waals surface area contributed by atoms with E-state index in [2.05, 4.69) is 11.8 Å². The lowest BCUT2D eigenvalue weighted by atomic mass is 10.00. The number of carbonyl (C=O) groups excluding carboxylic acids is 1. The molecule has 0 aromatic rings. The normalized spacial score (nSPS) is 29.8. The van der Waals surface area contributed by atoms with E-state index >= 15 is 0 Å². The summed E-state index contributed by atoms with van der Waals surface area (Å²) in [5, 5.41) is 0. The average Bonchev–Trinajstić information content (AvgIpc) is 2.29. The van der Waals surface area contributed by atoms with Crippen LogP contribution >= 0.6 is 12.4 Å². The van der Waals surface area contributed by atoms with E-state index in [1.165, 1.54) is 6.42 Å². The molecule has 2 saturated heterocycles. The lowest BCUT2D eigenvalue weighted by Gasteiger charge is -2.35. The van der Waals surface area contributed by atoms with Gasteiger partial charge in [0.05, 0.1) is 6.54 Å². The summed E-state index contributed by atoms with van der Waals surface area (Å²) >= 11 is 0. The number of amides is 1. The van der Waals surface area contributed by atoms with Gasteiger partial charge in [0.25, 0.3) is 0 Å². The number of piperidine rings is 2. The van der Waals surface area contributed by atoms with Crippen molar-refractivity contribution in [1.29, 1.82) is 0 Å². The summed E-state index contributed by atoms with van der Waals surface area (Å²) < 4.78 is 0. The van der Waals surface area contributed by atoms with Crippen molar-refractivity contribution in [3.8, 4) is 0 Å². The molecule has 0 aliphatic carbocycles. The van der Waals surface area contributed by atoms with Gasteiger partial charge in [-0.15, -0.1) is 12.4 Å². The van der Waals surface area contributed by atoms with E-state index in [-0.39, 0.29) is 18.4 Å². The molecule has 4 nitrogen and oxygen atoms in total. The molecule has 2 rings (SSSR count). The first kappa shape index (κ1) is 15.7. The van der Waals surface area contributed by atoms with Gasteiger partial charge in [-0.1, -0.05) is 6.92 Å². The number of rotatable bonds is 2. The second-order valence-electron chi connectivity index (χ2n) is 5.72. The van der Waals surface area contributed by atoms with Crippen molar-refractivity contribution in [2.75, 3.05) is 32.7 Å². The fourth-order valence-corrected chi connectivity index (χ4v) is 2.94. The number of hydrogen-bond donors (Lipinski definition) is 1. The van der Waals surface area contributed by atoms with Crippen LogP contribution in [0, 0.1) is 5.92 Å². The lowest BCUT2D eigenvalue weighted by Crippen LogP contribution is -2.49. The van der Waals surface area contributed by atoms with Crippen LogP contribution in [-0.2, 0) is 4.79 Å². The minimum atomic E-state index is 0. The number of carbonyl (C=O) groups is 1. The molecule has 2 atom stereocenters. The smallest absolute Gasteiger partial charge is 0.236 e. The summed E-state index contributed by atoms with van der Waals surface area (Å²) in [4.78, 5) is 16.4. The Labute approximate surface area is 116 Å². The maximum atomic E-state index is 12.2. The Balaban J connectivity index is 0.00000162. The van der Waals surface area contributed by atoms with Crippen molar-refractivity contribution in [3.63, 3.8) is 0 Å². The molecule has 5 heteroatoms. The fourth-order valence-electron chi connectivity index (χ4n) is 2.94. The van der Waals surface area contributed by atoms with Gasteiger partial charge in [0.2, 0.25) is 5.91 Å². The molecule has 18 heavy (non-hydrogen) atoms. The molecule has 2 N–H and O–H groups in total. The zero-order valence-corrected chi connectivity index (χ0v) is 12.1. The quantitative estimate of drug-likeness (QED) is 0.821. The highest BCUT2D eigenvalue weighted by molar-refractivity contribution is 5.85. The summed E-state index contributed by atoms with van der Waals surface area (Å²) in [7, 11) is 0. The number of halogens is 1. The van der Waals surface area contributed by atoms with E-state index in [9.17, 15) is 4.79 Å². The van der Waals surface area contributed by atoms with Gasteiger partial charge in [0.15, 0.2) is 0 Å². The third-order valence-electron chi connectivity index (χ3n) is 3.91. The van der Waals surface area contributed by atoms with Gasteiger partial charge in [-0.05, 0) is 38.1 Å². The molecule has 0 bridgehead atoms. The first-order chi connectivity index (χ1) is 8.15. The average molecular weight is 276 g/mol. The highest BCUT2D eigenvalue weighted by Gasteiger charge is 2.24. The fraction of sp³-hybridized carbons (Fsp3) is 0.923. The van der Waals surface area contributed by atoms with Crippen LogP contribution in [0.4, 0.5) is 0 Å². The van der Waals surface area contributed by atoms with E-state index in [1.54, 1.807) is 0 Å². The molecular formula is C13H26ClN3O. The molecule has 2 aliphatic heterocycles. The standard InChI is InChI=1S/C13H25N3O.ClH/c1-11-4-2-7-16(8-11)13(17)10-15-6-3-5-12(14)9-15;/h11-12H,2-10,14H2,1H3;1H/t11?,12-;/m1./s1. The van der Waals surface area contributed by atoms with Gasteiger partial charge in [0.1, 0.15) is 0 Å². The summed E-state index contributed by atoms with van der Waals surface area (Å²) in [5.74, 6) is 0.960. The van der Waals surface area contributed by atoms with Crippen LogP contribution in [0.1, 0.15) is 32.6 Å². The monoisotopic (exact) mass is 275 g/mol. The molecule has 2 fully saturated rings. The maximum Gasteiger partial charge on any atom is 0.236 e. The van der Waals surface area contributed by atoms with Gasteiger partial charge < -0.3 is 10.6 Å². The Bertz CT molecular complexity index is 275. The molecule has 2 aliphatic rings. The second-order valence-corrected chi connectivity index (χ2v) is 5.72. The van der Waals surface area contributed by atoms with E-state index < -0.39 is 0 Å². The predicted octanol–water partition coefficient (Wildman–Crippen LogP) is 1.09. The minimum Gasteiger partial charge on any atom is -0.341 e. The number of nitrogens with two attached hydrogens (primary N) is 1. The topological polar surface area (TPSA) is 49.6 Å². The molecule has 1 unspecified atom stereocenters. The molecule has 106 valence electrons. The van der Waals surface area contributed by atoms with E-state index in [1.807, 2.05) is 4.90 Å². The van der Waals surface area contributed by atoms with Gasteiger partial charge in [-0.3, -0.25) is 9.69 Å². The van der Waals surface area contributed by atoms with E-state index in [4.69, 9.17) is 5.73 Å². The van der Waals surface area contributed by atoms with Crippen molar-refractivity contribution < 1.29 is 4.79 Å². The molecule has 0 radical (unpaired) electrons. The van der Waals surface area contributed by atoms with Crippen molar-refractivity contribution in [1.82, 2.24) is 9.80 Å². The summed E-state index contributed by atoms with van der Waals surface area (Å²) in [6.07, 6.45) is 4.65. The Morgan fingerprint density at radius 3 is 2.61 bits per heavy atom. The zero-order valence-electron chi connectivity index (χ0n) is 11.3. The Morgan fingerprint density at radius 2 is 1.94 bits per heavy atom. The molecule has 2 heterocycles. The Morgan fingerprint density at radius 1 is 1.22 bits per heavy atom. The van der Waals surface area contributed by atoms with Crippen molar-refractivity contribution in [2.45, 2.75) is 38.6 Å². The van der Waals surface area contributed by atoms with Crippen LogP contribution in [0.2, 0.25) is 0 Å². The SMILES string of the molecule is CC1CCCN(C(=O)CN2CCC[C@@H](N)C2)C1.Cl. The van der Waals surface area contributed by atoms with Crippen molar-refractivity contribution >= 4 is 18.3 Å². The largest absolute Gasteiger partial charge is 0.341 e. The summed E-state index contributed by atoms with van der Waals surface area (Å²) in [6.45, 7) is 6.61. The number of likely N-dealkylation sites (tertiary alicyclic amines) is 2. The molecule has 0 saturated carbocycles. The molecule has 0 aromatic carbocycles. The molecular weight excluding hydrogens is 250 g/mol. The third-order valence-corrected chi connectivity index (χ3v) is 3.91. The first-order valence-corrected chi connectivity index (χ1v) is 6.91. The Hall–Kier alpha value is -0.320. The zero-order chi connectivity index (χ0) is 12.3. The Kier molecular flexibility index (Phi) is 6.39. The van der Waals surface area contributed by atoms with Crippen LogP contribution in [0.5, 0.6) is 0 Å². The van der Waals surface area contributed by atoms with Gasteiger partial charge in [-0.2, -0.15) is 0 Å². The van der Waals surface area contributed by atoms with Crippen LogP contribution in [0.3, 0.4) is 0 Å². The highest BCUT2D eigenvalue weighted by atomic mass is 35.5. The van der Waals surface area contributed by atoms with Crippen LogP contribution in [-0.4, -0.2) is 54.5 Å². The minimum absolute atomic E-state index is 0. The van der Waals surface area contributed by atoms with E-state index in [0.717, 1.165) is 45.4 Å². The van der Waals surface area contributed by atoms with Crippen LogP contribution in [0.25, 0.3) is 0 Å². The predicted molar refractivity (Wildman–Crippen MR) is 75.9 cm³/mol. The van der Waals surface area contributed by atoms with Crippen LogP contribution in [0.15, 0.2) is 0 Å². The second kappa shape index (κ2) is 7.31. The summed E-state index contributed by atoms with van der Waals surface area (Å²) in [6, 6.07) is 0.261. The van der Waals surface area contributed by atoms with Crippen molar-refractivity contribution in [2.24, 2.45) is 11.7 Å². The third kappa shape index (κ3) is 4.41. The van der Waals surface area contributed by atoms with Crippen LogP contribution < -0.4 is 5.73 Å².